The van der Waals surface area contributed by atoms with Crippen molar-refractivity contribution in [1.82, 2.24) is 0 Å². The van der Waals surface area contributed by atoms with E-state index in [1.807, 2.05) is 0 Å². The Morgan fingerprint density at radius 2 is 1.63 bits per heavy atom. The summed E-state index contributed by atoms with van der Waals surface area (Å²) in [6, 6.07) is 13.8. The number of benzene rings is 2. The summed E-state index contributed by atoms with van der Waals surface area (Å²) in [4.78, 5) is 39.8. The molecule has 0 N–H and O–H groups in total. The Labute approximate surface area is 174 Å². The van der Waals surface area contributed by atoms with E-state index in [0.29, 0.717) is 34.6 Å². The first-order valence-corrected chi connectivity index (χ1v) is 10.3. The van der Waals surface area contributed by atoms with Crippen molar-refractivity contribution in [3.8, 4) is 11.5 Å². The molecule has 6 heteroatoms. The van der Waals surface area contributed by atoms with E-state index in [-0.39, 0.29) is 36.0 Å². The number of hydrogen-bond donors (Lipinski definition) is 0. The van der Waals surface area contributed by atoms with Gasteiger partial charge in [0.1, 0.15) is 11.5 Å². The summed E-state index contributed by atoms with van der Waals surface area (Å²) in [5.41, 5.74) is 1.02. The molecule has 30 heavy (non-hydrogen) atoms. The van der Waals surface area contributed by atoms with Gasteiger partial charge in [0, 0.05) is 11.6 Å². The second-order valence-corrected chi connectivity index (χ2v) is 8.34. The zero-order valence-electron chi connectivity index (χ0n) is 16.7. The largest absolute Gasteiger partial charge is 0.497 e. The summed E-state index contributed by atoms with van der Waals surface area (Å²) < 4.78 is 10.8. The number of Topliss-reactive ketones (excluding diaryl/α,β-unsaturated/α-hetero) is 1. The normalized spacial score (nSPS) is 26.8. The van der Waals surface area contributed by atoms with Gasteiger partial charge in [-0.05, 0) is 55.4 Å². The quantitative estimate of drug-likeness (QED) is 0.543. The third-order valence-electron chi connectivity index (χ3n) is 6.76. The van der Waals surface area contributed by atoms with Crippen molar-refractivity contribution in [2.24, 2.45) is 23.7 Å². The number of anilines is 1. The molecule has 1 aliphatic heterocycles. The number of carbonyl (C=O) groups excluding carboxylic acids is 3. The minimum Gasteiger partial charge on any atom is -0.497 e. The molecule has 2 aromatic carbocycles. The maximum atomic E-state index is 13.0. The molecule has 4 atom stereocenters. The molecule has 3 aliphatic rings. The first-order chi connectivity index (χ1) is 14.6. The number of methoxy groups -OCH3 is 1. The van der Waals surface area contributed by atoms with Crippen LogP contribution in [0.1, 0.15) is 29.6 Å². The van der Waals surface area contributed by atoms with Gasteiger partial charge in [0.15, 0.2) is 12.4 Å². The summed E-state index contributed by atoms with van der Waals surface area (Å²) in [6.07, 6.45) is 3.11. The Bertz CT molecular complexity index is 1000. The van der Waals surface area contributed by atoms with Gasteiger partial charge in [-0.25, -0.2) is 4.90 Å². The van der Waals surface area contributed by atoms with Crippen molar-refractivity contribution >= 4 is 23.3 Å². The number of rotatable bonds is 6. The van der Waals surface area contributed by atoms with E-state index in [2.05, 4.69) is 0 Å². The molecule has 0 aromatic heterocycles. The summed E-state index contributed by atoms with van der Waals surface area (Å²) >= 11 is 0. The van der Waals surface area contributed by atoms with Gasteiger partial charge in [0.25, 0.3) is 0 Å². The Morgan fingerprint density at radius 1 is 0.967 bits per heavy atom. The van der Waals surface area contributed by atoms with Gasteiger partial charge < -0.3 is 9.47 Å². The van der Waals surface area contributed by atoms with Crippen LogP contribution in [0.4, 0.5) is 5.69 Å². The minimum absolute atomic E-state index is 0.0817. The molecular formula is C24H23NO5. The summed E-state index contributed by atoms with van der Waals surface area (Å²) in [5, 5.41) is 0. The molecule has 0 unspecified atom stereocenters. The van der Waals surface area contributed by atoms with E-state index < -0.39 is 0 Å². The van der Waals surface area contributed by atoms with Crippen molar-refractivity contribution in [2.75, 3.05) is 18.6 Å². The van der Waals surface area contributed by atoms with E-state index in [1.165, 1.54) is 4.90 Å². The third kappa shape index (κ3) is 2.98. The van der Waals surface area contributed by atoms with Crippen LogP contribution in [0.3, 0.4) is 0 Å². The van der Waals surface area contributed by atoms with Crippen LogP contribution in [0.2, 0.25) is 0 Å². The van der Waals surface area contributed by atoms with Crippen LogP contribution in [0.25, 0.3) is 0 Å². The predicted molar refractivity (Wildman–Crippen MR) is 110 cm³/mol. The number of ether oxygens (including phenoxy) is 2. The third-order valence-corrected chi connectivity index (χ3v) is 6.76. The number of carbonyl (C=O) groups is 3. The van der Waals surface area contributed by atoms with Crippen LogP contribution < -0.4 is 14.4 Å². The van der Waals surface area contributed by atoms with Crippen LogP contribution in [-0.4, -0.2) is 31.3 Å². The van der Waals surface area contributed by atoms with Gasteiger partial charge in [-0.15, -0.1) is 0 Å². The van der Waals surface area contributed by atoms with Crippen LogP contribution in [-0.2, 0) is 9.59 Å². The first-order valence-electron chi connectivity index (χ1n) is 10.3. The molecule has 1 heterocycles. The average molecular weight is 405 g/mol. The van der Waals surface area contributed by atoms with Gasteiger partial charge in [-0.1, -0.05) is 18.2 Å². The maximum absolute atomic E-state index is 13.0. The molecule has 2 bridgehead atoms. The zero-order chi connectivity index (χ0) is 20.8. The summed E-state index contributed by atoms with van der Waals surface area (Å²) in [7, 11) is 1.55. The Balaban J connectivity index is 1.31. The summed E-state index contributed by atoms with van der Waals surface area (Å²) in [5.74, 6) is 1.09. The predicted octanol–water partition coefficient (Wildman–Crippen LogP) is 3.49. The van der Waals surface area contributed by atoms with Gasteiger partial charge in [-0.2, -0.15) is 0 Å². The highest BCUT2D eigenvalue weighted by Gasteiger charge is 2.61. The fourth-order valence-electron chi connectivity index (χ4n) is 5.40. The Morgan fingerprint density at radius 3 is 2.33 bits per heavy atom. The number of amides is 2. The topological polar surface area (TPSA) is 72.9 Å². The lowest BCUT2D eigenvalue weighted by Gasteiger charge is -2.19. The lowest BCUT2D eigenvalue weighted by molar-refractivity contribution is -0.123. The maximum Gasteiger partial charge on any atom is 0.237 e. The monoisotopic (exact) mass is 405 g/mol. The molecule has 2 aliphatic carbocycles. The van der Waals surface area contributed by atoms with Gasteiger partial charge in [0.2, 0.25) is 11.8 Å². The van der Waals surface area contributed by atoms with Crippen LogP contribution in [0, 0.1) is 23.7 Å². The second kappa shape index (κ2) is 7.27. The Hall–Kier alpha value is -3.15. The van der Waals surface area contributed by atoms with Gasteiger partial charge in [0.05, 0.1) is 24.6 Å². The molecule has 2 aromatic rings. The van der Waals surface area contributed by atoms with E-state index in [1.54, 1.807) is 55.6 Å². The standard InChI is InChI=1S/C24H23NO5/c1-29-18-6-2-4-14(11-18)20(26)13-30-19-7-3-5-17(12-19)25-23(27)21-15-8-9-16(10-15)22(21)24(25)28/h2-7,11-12,15-16,21-22H,8-10,13H2,1H3/t15-,16-,21-,22+/m0/s1. The molecule has 6 nitrogen and oxygen atoms in total. The molecular weight excluding hydrogens is 382 g/mol. The van der Waals surface area contributed by atoms with Crippen molar-refractivity contribution < 1.29 is 23.9 Å². The zero-order valence-corrected chi connectivity index (χ0v) is 16.7. The van der Waals surface area contributed by atoms with Crippen molar-refractivity contribution in [1.29, 1.82) is 0 Å². The average Bonchev–Trinajstić information content (AvgIpc) is 3.46. The second-order valence-electron chi connectivity index (χ2n) is 8.34. The Kier molecular flexibility index (Phi) is 4.57. The van der Waals surface area contributed by atoms with Gasteiger partial charge in [-0.3, -0.25) is 14.4 Å². The van der Waals surface area contributed by atoms with Crippen LogP contribution in [0.5, 0.6) is 11.5 Å². The molecule has 1 saturated heterocycles. The number of nitrogens with zero attached hydrogens (tertiary/aromatic N) is 1. The lowest BCUT2D eigenvalue weighted by Crippen LogP contribution is -2.32. The van der Waals surface area contributed by atoms with Crippen molar-refractivity contribution in [2.45, 2.75) is 19.3 Å². The highest BCUT2D eigenvalue weighted by Crippen LogP contribution is 2.56. The summed E-state index contributed by atoms with van der Waals surface area (Å²) in [6.45, 7) is -0.145. The fraction of sp³-hybridized carbons (Fsp3) is 0.375. The van der Waals surface area contributed by atoms with Crippen LogP contribution in [0.15, 0.2) is 48.5 Å². The minimum atomic E-state index is -0.182. The molecule has 154 valence electrons. The highest BCUT2D eigenvalue weighted by molar-refractivity contribution is 6.22. The fourth-order valence-corrected chi connectivity index (χ4v) is 5.40. The van der Waals surface area contributed by atoms with E-state index in [0.717, 1.165) is 19.3 Å². The van der Waals surface area contributed by atoms with E-state index in [4.69, 9.17) is 9.47 Å². The van der Waals surface area contributed by atoms with Crippen molar-refractivity contribution in [3.05, 3.63) is 54.1 Å². The van der Waals surface area contributed by atoms with Crippen molar-refractivity contribution in [3.63, 3.8) is 0 Å². The molecule has 2 saturated carbocycles. The lowest BCUT2D eigenvalue weighted by atomic mass is 9.81. The smallest absolute Gasteiger partial charge is 0.237 e. The number of ketones is 1. The van der Waals surface area contributed by atoms with Gasteiger partial charge >= 0.3 is 0 Å². The molecule has 5 rings (SSSR count). The molecule has 0 radical (unpaired) electrons. The SMILES string of the molecule is COc1cccc(C(=O)COc2cccc(N3C(=O)[C@@H]4[C@H]5CC[C@@H](C5)[C@@H]4C3=O)c2)c1. The highest BCUT2D eigenvalue weighted by atomic mass is 16.5. The number of imide groups is 1. The molecule has 3 fully saturated rings. The van der Waals surface area contributed by atoms with E-state index in [9.17, 15) is 14.4 Å². The molecule has 0 spiro atoms. The van der Waals surface area contributed by atoms with E-state index >= 15 is 0 Å². The van der Waals surface area contributed by atoms with Crippen LogP contribution >= 0.6 is 0 Å². The number of hydrogen-bond acceptors (Lipinski definition) is 5. The first kappa shape index (κ1) is 18.9. The number of fused-ring (bicyclic) bond motifs is 5. The molecule has 2 amide bonds.